The Morgan fingerprint density at radius 3 is 2.54 bits per heavy atom. The van der Waals surface area contributed by atoms with Crippen LogP contribution in [-0.2, 0) is 5.75 Å². The van der Waals surface area contributed by atoms with Crippen LogP contribution in [0.2, 0.25) is 0 Å². The molecule has 0 fully saturated rings. The third-order valence-corrected chi connectivity index (χ3v) is 7.82. The Bertz CT molecular complexity index is 1120. The highest BCUT2D eigenvalue weighted by Crippen LogP contribution is 2.32. The number of fused-ring (bicyclic) bond motifs is 1. The van der Waals surface area contributed by atoms with Crippen molar-refractivity contribution >= 4 is 67.3 Å². The van der Waals surface area contributed by atoms with E-state index in [4.69, 9.17) is 0 Å². The van der Waals surface area contributed by atoms with E-state index in [0.717, 1.165) is 18.9 Å². The largest absolute Gasteiger partial charge is 0.293 e. The highest BCUT2D eigenvalue weighted by Gasteiger charge is 2.11. The van der Waals surface area contributed by atoms with Crippen molar-refractivity contribution in [1.29, 1.82) is 0 Å². The van der Waals surface area contributed by atoms with Gasteiger partial charge in [0.2, 0.25) is 0 Å². The normalized spacial score (nSPS) is 11.0. The van der Waals surface area contributed by atoms with E-state index < -0.39 is 0 Å². The molecule has 1 heterocycles. The lowest BCUT2D eigenvalue weighted by Gasteiger charge is -2.04. The molecule has 0 N–H and O–H groups in total. The molecule has 0 amide bonds. The van der Waals surface area contributed by atoms with Crippen molar-refractivity contribution in [2.24, 2.45) is 0 Å². The minimum Gasteiger partial charge on any atom is -0.293 e. The smallest absolute Gasteiger partial charge is 0.175 e. The molecule has 0 aliphatic heterocycles. The van der Waals surface area contributed by atoms with E-state index in [9.17, 15) is 4.79 Å². The lowest BCUT2D eigenvalue weighted by atomic mass is 10.1. The van der Waals surface area contributed by atoms with Crippen LogP contribution in [-0.4, -0.2) is 21.7 Å². The first kappa shape index (κ1) is 19.6. The maximum Gasteiger partial charge on any atom is 0.175 e. The fourth-order valence-corrected chi connectivity index (χ4v) is 6.06. The predicted molar refractivity (Wildman–Crippen MR) is 123 cm³/mol. The summed E-state index contributed by atoms with van der Waals surface area (Å²) in [7, 11) is 0. The number of hydrogen-bond donors (Lipinski definition) is 0. The van der Waals surface area contributed by atoms with E-state index in [-0.39, 0.29) is 5.78 Å². The molecule has 0 saturated heterocycles. The van der Waals surface area contributed by atoms with Gasteiger partial charge in [0, 0.05) is 15.8 Å². The molecular formula is C21H15BrN2OS3. The Morgan fingerprint density at radius 1 is 0.929 bits per heavy atom. The third-order valence-electron chi connectivity index (χ3n) is 4.09. The van der Waals surface area contributed by atoms with E-state index >= 15 is 0 Å². The van der Waals surface area contributed by atoms with Gasteiger partial charge in [-0.15, -0.1) is 10.2 Å². The summed E-state index contributed by atoms with van der Waals surface area (Å²) >= 11 is 8.06. The van der Waals surface area contributed by atoms with Crippen molar-refractivity contribution in [3.05, 3.63) is 82.3 Å². The second kappa shape index (κ2) is 9.22. The maximum atomic E-state index is 12.3. The second-order valence-electron chi connectivity index (χ2n) is 5.98. The minimum atomic E-state index is 0.0893. The van der Waals surface area contributed by atoms with Gasteiger partial charge >= 0.3 is 0 Å². The monoisotopic (exact) mass is 486 g/mol. The van der Waals surface area contributed by atoms with Crippen LogP contribution in [0, 0.1) is 0 Å². The molecule has 4 aromatic rings. The van der Waals surface area contributed by atoms with Crippen LogP contribution >= 0.6 is 50.8 Å². The summed E-state index contributed by atoms with van der Waals surface area (Å²) < 4.78 is 2.65. The third kappa shape index (κ3) is 4.84. The van der Waals surface area contributed by atoms with Crippen LogP contribution in [0.15, 0.2) is 79.9 Å². The summed E-state index contributed by atoms with van der Waals surface area (Å²) in [6.07, 6.45) is 0. The Hall–Kier alpha value is -1.67. The zero-order valence-electron chi connectivity index (χ0n) is 14.7. The molecule has 0 atom stereocenters. The van der Waals surface area contributed by atoms with Crippen LogP contribution in [0.4, 0.5) is 0 Å². The van der Waals surface area contributed by atoms with E-state index in [1.807, 2.05) is 24.3 Å². The number of Topliss-reactive ketones (excluding diaryl/α,β-unsaturated/α-hetero) is 1. The van der Waals surface area contributed by atoms with Crippen LogP contribution < -0.4 is 0 Å². The number of carbonyl (C=O) groups is 1. The molecular weight excluding hydrogens is 472 g/mol. The van der Waals surface area contributed by atoms with Crippen molar-refractivity contribution in [3.8, 4) is 0 Å². The van der Waals surface area contributed by atoms with Crippen LogP contribution in [0.5, 0.6) is 0 Å². The standard InChI is InChI=1S/C21H15BrN2OS3/c22-17-9-4-7-15(11-17)19(25)13-27-21-24-23-20(28-21)26-12-16-8-3-6-14-5-1-2-10-18(14)16/h1-11H,12-13H2. The molecule has 0 bridgehead atoms. The predicted octanol–water partition coefficient (Wildman–Crippen LogP) is 6.72. The average molecular weight is 487 g/mol. The number of thioether (sulfide) groups is 2. The number of benzene rings is 3. The molecule has 4 rings (SSSR count). The van der Waals surface area contributed by atoms with Gasteiger partial charge in [-0.3, -0.25) is 4.79 Å². The van der Waals surface area contributed by atoms with Gasteiger partial charge in [0.1, 0.15) is 0 Å². The van der Waals surface area contributed by atoms with E-state index in [1.54, 1.807) is 23.1 Å². The number of rotatable bonds is 7. The Kier molecular flexibility index (Phi) is 6.47. The lowest BCUT2D eigenvalue weighted by Crippen LogP contribution is -2.01. The van der Waals surface area contributed by atoms with Crippen molar-refractivity contribution in [2.45, 2.75) is 14.4 Å². The topological polar surface area (TPSA) is 42.9 Å². The maximum absolute atomic E-state index is 12.3. The Balaban J connectivity index is 1.36. The van der Waals surface area contributed by atoms with Gasteiger partial charge in [0.05, 0.1) is 5.75 Å². The molecule has 3 aromatic carbocycles. The molecule has 3 nitrogen and oxygen atoms in total. The first-order valence-corrected chi connectivity index (χ1v) is 12.1. The molecule has 28 heavy (non-hydrogen) atoms. The van der Waals surface area contributed by atoms with Crippen LogP contribution in [0.1, 0.15) is 15.9 Å². The second-order valence-corrected chi connectivity index (χ2v) is 10.3. The van der Waals surface area contributed by atoms with Crippen molar-refractivity contribution < 1.29 is 4.79 Å². The lowest BCUT2D eigenvalue weighted by molar-refractivity contribution is 0.102. The summed E-state index contributed by atoms with van der Waals surface area (Å²) in [5.41, 5.74) is 1.99. The number of aromatic nitrogens is 2. The molecule has 140 valence electrons. The summed E-state index contributed by atoms with van der Waals surface area (Å²) in [6.45, 7) is 0. The summed E-state index contributed by atoms with van der Waals surface area (Å²) in [5, 5.41) is 11.0. The molecule has 1 aromatic heterocycles. The quantitative estimate of drug-likeness (QED) is 0.214. The first-order chi connectivity index (χ1) is 13.7. The van der Waals surface area contributed by atoms with E-state index in [0.29, 0.717) is 11.3 Å². The molecule has 0 saturated carbocycles. The molecule has 0 radical (unpaired) electrons. The summed E-state index contributed by atoms with van der Waals surface area (Å²) in [5.74, 6) is 1.29. The van der Waals surface area contributed by atoms with Crippen LogP contribution in [0.3, 0.4) is 0 Å². The first-order valence-electron chi connectivity index (χ1n) is 8.53. The average Bonchev–Trinajstić information content (AvgIpc) is 3.18. The SMILES string of the molecule is O=C(CSc1nnc(SCc2cccc3ccccc23)s1)c1cccc(Br)c1. The molecule has 0 unspecified atom stereocenters. The highest BCUT2D eigenvalue weighted by atomic mass is 79.9. The number of hydrogen-bond acceptors (Lipinski definition) is 6. The van der Waals surface area contributed by atoms with Crippen molar-refractivity contribution in [3.63, 3.8) is 0 Å². The molecule has 0 aliphatic rings. The highest BCUT2D eigenvalue weighted by molar-refractivity contribution is 9.10. The molecule has 7 heteroatoms. The molecule has 0 aliphatic carbocycles. The van der Waals surface area contributed by atoms with Gasteiger partial charge in [0.25, 0.3) is 0 Å². The Morgan fingerprint density at radius 2 is 1.68 bits per heavy atom. The zero-order chi connectivity index (χ0) is 19.3. The Labute approximate surface area is 184 Å². The van der Waals surface area contributed by atoms with Crippen LogP contribution in [0.25, 0.3) is 10.8 Å². The number of ketones is 1. The van der Waals surface area contributed by atoms with Gasteiger partial charge in [-0.1, -0.05) is 105 Å². The fourth-order valence-electron chi connectivity index (χ4n) is 2.74. The number of nitrogens with zero attached hydrogens (tertiary/aromatic N) is 2. The van der Waals surface area contributed by atoms with Crippen molar-refractivity contribution in [1.82, 2.24) is 10.2 Å². The number of carbonyl (C=O) groups excluding carboxylic acids is 1. The van der Waals surface area contributed by atoms with Gasteiger partial charge < -0.3 is 0 Å². The van der Waals surface area contributed by atoms with Gasteiger partial charge in [-0.05, 0) is 28.5 Å². The minimum absolute atomic E-state index is 0.0893. The van der Waals surface area contributed by atoms with Gasteiger partial charge in [-0.2, -0.15) is 0 Å². The molecule has 0 spiro atoms. The van der Waals surface area contributed by atoms with E-state index in [2.05, 4.69) is 68.6 Å². The van der Waals surface area contributed by atoms with E-state index in [1.165, 1.54) is 28.1 Å². The van der Waals surface area contributed by atoms with Crippen molar-refractivity contribution in [2.75, 3.05) is 5.75 Å². The summed E-state index contributed by atoms with van der Waals surface area (Å²) in [6, 6.07) is 22.2. The zero-order valence-corrected chi connectivity index (χ0v) is 18.7. The van der Waals surface area contributed by atoms with Gasteiger partial charge in [0.15, 0.2) is 14.5 Å². The summed E-state index contributed by atoms with van der Waals surface area (Å²) in [4.78, 5) is 12.3. The van der Waals surface area contributed by atoms with Gasteiger partial charge in [-0.25, -0.2) is 0 Å². The fraction of sp³-hybridized carbons (Fsp3) is 0.0952. The number of halogens is 1.